The number of aryl methyl sites for hydroxylation is 1. The number of rotatable bonds is 4. The van der Waals surface area contributed by atoms with Crippen molar-refractivity contribution in [3.63, 3.8) is 0 Å². The quantitative estimate of drug-likeness (QED) is 0.780. The molecule has 2 rings (SSSR count). The fourth-order valence-electron chi connectivity index (χ4n) is 3.17. The van der Waals surface area contributed by atoms with Crippen molar-refractivity contribution >= 4 is 33.0 Å². The maximum atomic E-state index is 12.4. The van der Waals surface area contributed by atoms with Gasteiger partial charge < -0.3 is 10.6 Å². The maximum Gasteiger partial charge on any atom is 0.242 e. The summed E-state index contributed by atoms with van der Waals surface area (Å²) >= 11 is 5.48. The summed E-state index contributed by atoms with van der Waals surface area (Å²) in [7, 11) is -0.409. The third kappa shape index (κ3) is 4.71. The first-order chi connectivity index (χ1) is 11.6. The van der Waals surface area contributed by atoms with Gasteiger partial charge in [-0.15, -0.1) is 0 Å². The van der Waals surface area contributed by atoms with E-state index in [1.807, 2.05) is 13.8 Å². The van der Waals surface area contributed by atoms with Crippen LogP contribution in [-0.4, -0.2) is 38.0 Å². The van der Waals surface area contributed by atoms with E-state index in [9.17, 15) is 8.42 Å². The summed E-state index contributed by atoms with van der Waals surface area (Å²) in [4.78, 5) is 0.275. The van der Waals surface area contributed by atoms with Crippen molar-refractivity contribution in [2.45, 2.75) is 57.4 Å². The number of hydrogen-bond donors (Lipinski definition) is 2. The van der Waals surface area contributed by atoms with E-state index in [0.717, 1.165) is 23.2 Å². The van der Waals surface area contributed by atoms with E-state index in [1.165, 1.54) is 37.7 Å². The Morgan fingerprint density at radius 2 is 1.84 bits per heavy atom. The average Bonchev–Trinajstić information content (AvgIpc) is 2.53. The molecule has 25 heavy (non-hydrogen) atoms. The zero-order valence-electron chi connectivity index (χ0n) is 15.7. The Hall–Kier alpha value is -1.18. The molecular weight excluding hydrogens is 354 g/mol. The number of sulfonamides is 1. The molecule has 0 saturated heterocycles. The number of nitrogens with zero attached hydrogens (tertiary/aromatic N) is 1. The molecule has 0 unspecified atom stereocenters. The molecule has 1 fully saturated rings. The van der Waals surface area contributed by atoms with Gasteiger partial charge in [-0.1, -0.05) is 19.8 Å². The van der Waals surface area contributed by atoms with E-state index in [1.54, 1.807) is 12.1 Å². The molecule has 0 spiro atoms. The van der Waals surface area contributed by atoms with Gasteiger partial charge in [0.2, 0.25) is 10.0 Å². The van der Waals surface area contributed by atoms with Crippen LogP contribution in [0, 0.1) is 19.8 Å². The summed E-state index contributed by atoms with van der Waals surface area (Å²) in [5, 5.41) is 7.17. The van der Waals surface area contributed by atoms with Crippen LogP contribution in [0.5, 0.6) is 0 Å². The van der Waals surface area contributed by atoms with Crippen molar-refractivity contribution in [2.75, 3.05) is 19.4 Å². The first-order valence-corrected chi connectivity index (χ1v) is 10.6. The van der Waals surface area contributed by atoms with Crippen molar-refractivity contribution in [3.05, 3.63) is 23.3 Å². The van der Waals surface area contributed by atoms with Gasteiger partial charge in [0.1, 0.15) is 0 Å². The van der Waals surface area contributed by atoms with Crippen LogP contribution in [0.2, 0.25) is 0 Å². The lowest BCUT2D eigenvalue weighted by atomic mass is 9.86. The van der Waals surface area contributed by atoms with Gasteiger partial charge >= 0.3 is 0 Å². The van der Waals surface area contributed by atoms with E-state index in [4.69, 9.17) is 12.2 Å². The lowest BCUT2D eigenvalue weighted by Gasteiger charge is -2.30. The number of benzene rings is 1. The van der Waals surface area contributed by atoms with E-state index >= 15 is 0 Å². The van der Waals surface area contributed by atoms with Crippen LogP contribution in [-0.2, 0) is 10.0 Å². The molecule has 0 amide bonds. The van der Waals surface area contributed by atoms with Gasteiger partial charge in [-0.2, -0.15) is 0 Å². The van der Waals surface area contributed by atoms with Gasteiger partial charge in [0.25, 0.3) is 0 Å². The zero-order chi connectivity index (χ0) is 18.8. The molecule has 1 aromatic carbocycles. The van der Waals surface area contributed by atoms with Crippen LogP contribution < -0.4 is 10.6 Å². The Morgan fingerprint density at radius 1 is 1.20 bits per heavy atom. The van der Waals surface area contributed by atoms with Crippen LogP contribution in [0.25, 0.3) is 0 Å². The minimum atomic E-state index is -3.48. The standard InChI is InChI=1S/C18H29N3O2S2/c1-12-8-6-7-9-16(12)19-18(24)20-17-11-15(10-13(2)14(17)3)25(22,23)21(4)5/h10-12,16H,6-9H2,1-5H3,(H2,19,20,24)/t12-,16+/m0/s1. The first-order valence-electron chi connectivity index (χ1n) is 8.74. The fourth-order valence-corrected chi connectivity index (χ4v) is 4.45. The summed E-state index contributed by atoms with van der Waals surface area (Å²) in [6.07, 6.45) is 4.84. The highest BCUT2D eigenvalue weighted by Crippen LogP contribution is 2.26. The smallest absolute Gasteiger partial charge is 0.242 e. The Bertz CT molecular complexity index is 745. The first kappa shape index (κ1) is 20.1. The molecule has 0 bridgehead atoms. The summed E-state index contributed by atoms with van der Waals surface area (Å²) in [6, 6.07) is 3.75. The van der Waals surface area contributed by atoms with Gasteiger partial charge in [0.15, 0.2) is 5.11 Å². The van der Waals surface area contributed by atoms with Gasteiger partial charge in [0.05, 0.1) is 4.90 Å². The molecule has 1 aliphatic carbocycles. The van der Waals surface area contributed by atoms with Crippen molar-refractivity contribution in [1.29, 1.82) is 0 Å². The summed E-state index contributed by atoms with van der Waals surface area (Å²) in [5.41, 5.74) is 2.65. The van der Waals surface area contributed by atoms with E-state index < -0.39 is 10.0 Å². The van der Waals surface area contributed by atoms with E-state index in [2.05, 4.69) is 17.6 Å². The van der Waals surface area contributed by atoms with Gasteiger partial charge in [-0.3, -0.25) is 0 Å². The van der Waals surface area contributed by atoms with Crippen molar-refractivity contribution in [2.24, 2.45) is 5.92 Å². The number of nitrogens with one attached hydrogen (secondary N) is 2. The third-order valence-electron chi connectivity index (χ3n) is 5.10. The lowest BCUT2D eigenvalue weighted by molar-refractivity contribution is 0.309. The van der Waals surface area contributed by atoms with Gasteiger partial charge in [-0.25, -0.2) is 12.7 Å². The molecule has 0 aromatic heterocycles. The molecule has 2 N–H and O–H groups in total. The Morgan fingerprint density at radius 3 is 2.44 bits per heavy atom. The highest BCUT2D eigenvalue weighted by Gasteiger charge is 2.23. The minimum Gasteiger partial charge on any atom is -0.359 e. The van der Waals surface area contributed by atoms with Crippen molar-refractivity contribution in [3.8, 4) is 0 Å². The topological polar surface area (TPSA) is 61.4 Å². The molecule has 0 aliphatic heterocycles. The second kappa shape index (κ2) is 8.01. The van der Waals surface area contributed by atoms with Crippen LogP contribution in [0.4, 0.5) is 5.69 Å². The Labute approximate surface area is 157 Å². The van der Waals surface area contributed by atoms with Crippen LogP contribution >= 0.6 is 12.2 Å². The number of anilines is 1. The lowest BCUT2D eigenvalue weighted by Crippen LogP contribution is -2.43. The molecule has 0 heterocycles. The highest BCUT2D eigenvalue weighted by atomic mass is 32.2. The van der Waals surface area contributed by atoms with Crippen LogP contribution in [0.15, 0.2) is 17.0 Å². The summed E-state index contributed by atoms with van der Waals surface area (Å²) < 4.78 is 26.1. The summed E-state index contributed by atoms with van der Waals surface area (Å²) in [6.45, 7) is 6.13. The Balaban J connectivity index is 2.21. The zero-order valence-corrected chi connectivity index (χ0v) is 17.4. The Kier molecular flexibility index (Phi) is 6.45. The van der Waals surface area contributed by atoms with Gasteiger partial charge in [0, 0.05) is 25.8 Å². The monoisotopic (exact) mass is 383 g/mol. The van der Waals surface area contributed by atoms with Crippen LogP contribution in [0.3, 0.4) is 0 Å². The van der Waals surface area contributed by atoms with E-state index in [0.29, 0.717) is 17.1 Å². The molecule has 1 aromatic rings. The third-order valence-corrected chi connectivity index (χ3v) is 7.11. The summed E-state index contributed by atoms with van der Waals surface area (Å²) in [5.74, 6) is 0.594. The average molecular weight is 384 g/mol. The second-order valence-electron chi connectivity index (χ2n) is 7.17. The molecule has 0 radical (unpaired) electrons. The fraction of sp³-hybridized carbons (Fsp3) is 0.611. The predicted octanol–water partition coefficient (Wildman–Crippen LogP) is 3.42. The molecule has 1 aliphatic rings. The highest BCUT2D eigenvalue weighted by molar-refractivity contribution is 7.89. The molecule has 140 valence electrons. The maximum absolute atomic E-state index is 12.4. The van der Waals surface area contributed by atoms with Crippen LogP contribution in [0.1, 0.15) is 43.7 Å². The van der Waals surface area contributed by atoms with Gasteiger partial charge in [-0.05, 0) is 68.1 Å². The molecular formula is C18H29N3O2S2. The van der Waals surface area contributed by atoms with Crippen molar-refractivity contribution < 1.29 is 8.42 Å². The molecule has 1 saturated carbocycles. The molecule has 5 nitrogen and oxygen atoms in total. The number of thiocarbonyl (C=S) groups is 1. The normalized spacial score (nSPS) is 21.2. The van der Waals surface area contributed by atoms with E-state index in [-0.39, 0.29) is 4.90 Å². The second-order valence-corrected chi connectivity index (χ2v) is 9.73. The SMILES string of the molecule is Cc1cc(S(=O)(=O)N(C)C)cc(NC(=S)N[C@@H]2CCCC[C@@H]2C)c1C. The number of hydrogen-bond acceptors (Lipinski definition) is 3. The minimum absolute atomic E-state index is 0.275. The molecule has 2 atom stereocenters. The molecule has 7 heteroatoms. The van der Waals surface area contributed by atoms with Crippen molar-refractivity contribution in [1.82, 2.24) is 9.62 Å². The predicted molar refractivity (Wildman–Crippen MR) is 108 cm³/mol. The largest absolute Gasteiger partial charge is 0.359 e.